The first kappa shape index (κ1) is 7.60. The van der Waals surface area contributed by atoms with Gasteiger partial charge in [-0.15, -0.1) is 11.3 Å². The molecular weight excluding hydrogens is 200 g/mol. The van der Waals surface area contributed by atoms with Gasteiger partial charge in [0, 0.05) is 0 Å². The van der Waals surface area contributed by atoms with Crippen LogP contribution in [0.4, 0.5) is 0 Å². The summed E-state index contributed by atoms with van der Waals surface area (Å²) in [5.41, 5.74) is 2.22. The highest BCUT2D eigenvalue weighted by molar-refractivity contribution is 7.14. The largest absolute Gasteiger partial charge is 0.132 e. The molecule has 0 aliphatic heterocycles. The molecule has 0 amide bonds. The van der Waals surface area contributed by atoms with Crippen molar-refractivity contribution in [2.45, 2.75) is 6.42 Å². The average Bonchev–Trinajstić information content (AvgIpc) is 2.52. The molecule has 0 unspecified atom stereocenters. The minimum Gasteiger partial charge on any atom is -0.132 e. The second-order valence-corrected chi connectivity index (χ2v) is 4.30. The zero-order valence-corrected chi connectivity index (χ0v) is 8.53. The number of hydrogen-bond acceptors (Lipinski definition) is 1. The van der Waals surface area contributed by atoms with E-state index in [0.717, 1.165) is 12.0 Å². The quantitative estimate of drug-likeness (QED) is 0.702. The van der Waals surface area contributed by atoms with E-state index in [2.05, 4.69) is 12.1 Å². The van der Waals surface area contributed by atoms with Crippen LogP contribution in [0.3, 0.4) is 0 Å². The van der Waals surface area contributed by atoms with E-state index in [4.69, 9.17) is 13.0 Å². The van der Waals surface area contributed by atoms with Crippen LogP contribution in [0.2, 0.25) is 4.34 Å². The fraction of sp³-hybridized carbons (Fsp3) is 0.0909. The van der Waals surface area contributed by atoms with Gasteiger partial charge in [-0.1, -0.05) is 41.9 Å². The van der Waals surface area contributed by atoms with Crippen molar-refractivity contribution in [3.05, 3.63) is 57.2 Å². The molecule has 1 aromatic carbocycles. The maximum atomic E-state index is 7.70. The number of hydrogen-bond donors (Lipinski definition) is 0. The number of thiophene rings is 1. The molecule has 0 fully saturated rings. The molecule has 0 radical (unpaired) electrons. The van der Waals surface area contributed by atoms with Gasteiger partial charge in [0.25, 0.3) is 0 Å². The summed E-state index contributed by atoms with van der Waals surface area (Å²) in [6, 6.07) is 10.6. The van der Waals surface area contributed by atoms with Gasteiger partial charge in [-0.3, -0.25) is 0 Å². The molecule has 2 aromatic rings. The molecule has 0 saturated heterocycles. The Morgan fingerprint density at radius 3 is 2.62 bits per heavy atom. The minimum absolute atomic E-state index is 0.473. The normalized spacial score (nSPS) is 11.3. The summed E-state index contributed by atoms with van der Waals surface area (Å²) in [5, 5.41) is 1.96. The van der Waals surface area contributed by atoms with E-state index in [9.17, 15) is 0 Å². The molecule has 0 atom stereocenters. The Morgan fingerprint density at radius 1 is 1.23 bits per heavy atom. The number of benzene rings is 1. The summed E-state index contributed by atoms with van der Waals surface area (Å²) >= 11 is 7.25. The Morgan fingerprint density at radius 2 is 2.00 bits per heavy atom. The van der Waals surface area contributed by atoms with Gasteiger partial charge in [0.2, 0.25) is 0 Å². The molecule has 0 aliphatic carbocycles. The third-order valence-corrected chi connectivity index (χ3v) is 2.87. The Kier molecular flexibility index (Phi) is 2.31. The zero-order valence-electron chi connectivity index (χ0n) is 7.96. The molecule has 66 valence electrons. The van der Waals surface area contributed by atoms with Crippen molar-refractivity contribution in [2.24, 2.45) is 0 Å². The number of rotatable bonds is 2. The molecule has 0 saturated carbocycles. The van der Waals surface area contributed by atoms with Crippen molar-refractivity contribution < 1.29 is 1.37 Å². The van der Waals surface area contributed by atoms with Crippen molar-refractivity contribution >= 4 is 22.9 Å². The summed E-state index contributed by atoms with van der Waals surface area (Å²) < 4.78 is 8.28. The highest BCUT2D eigenvalue weighted by Gasteiger charge is 1.98. The van der Waals surface area contributed by atoms with E-state index in [1.165, 1.54) is 16.9 Å². The van der Waals surface area contributed by atoms with Gasteiger partial charge < -0.3 is 0 Å². The van der Waals surface area contributed by atoms with Crippen molar-refractivity contribution in [1.29, 1.82) is 0 Å². The molecule has 1 aromatic heterocycles. The first-order valence-corrected chi connectivity index (χ1v) is 5.29. The molecule has 0 bridgehead atoms. The van der Waals surface area contributed by atoms with Crippen LogP contribution in [0.25, 0.3) is 0 Å². The topological polar surface area (TPSA) is 0 Å². The Bertz CT molecular complexity index is 422. The van der Waals surface area contributed by atoms with Gasteiger partial charge in [-0.25, -0.2) is 0 Å². The first-order chi connectivity index (χ1) is 6.77. The van der Waals surface area contributed by atoms with Crippen LogP contribution < -0.4 is 0 Å². The fourth-order valence-corrected chi connectivity index (χ4v) is 2.04. The zero-order chi connectivity index (χ0) is 9.97. The van der Waals surface area contributed by atoms with E-state index in [1.807, 2.05) is 23.6 Å². The van der Waals surface area contributed by atoms with Crippen LogP contribution >= 0.6 is 22.9 Å². The van der Waals surface area contributed by atoms with Gasteiger partial charge in [-0.2, -0.15) is 0 Å². The van der Waals surface area contributed by atoms with Crippen LogP contribution in [0.15, 0.2) is 41.8 Å². The summed E-state index contributed by atoms with van der Waals surface area (Å²) in [4.78, 5) is 0. The molecule has 2 heteroatoms. The summed E-state index contributed by atoms with van der Waals surface area (Å²) in [5.74, 6) is 0. The van der Waals surface area contributed by atoms with Crippen molar-refractivity contribution in [3.63, 3.8) is 0 Å². The fourth-order valence-electron chi connectivity index (χ4n) is 1.21. The predicted molar refractivity (Wildman–Crippen MR) is 58.6 cm³/mol. The van der Waals surface area contributed by atoms with E-state index in [1.54, 1.807) is 0 Å². The lowest BCUT2D eigenvalue weighted by molar-refractivity contribution is 1.21. The van der Waals surface area contributed by atoms with Crippen LogP contribution in [0, 0.1) is 0 Å². The van der Waals surface area contributed by atoms with Gasteiger partial charge in [0.05, 0.1) is 5.71 Å². The Hall–Kier alpha value is -0.790. The molecular formula is C11H9ClS. The van der Waals surface area contributed by atoms with Crippen molar-refractivity contribution in [1.82, 2.24) is 0 Å². The van der Waals surface area contributed by atoms with E-state index in [-0.39, 0.29) is 0 Å². The summed E-state index contributed by atoms with van der Waals surface area (Å²) in [6.07, 6.45) is 0.795. The lowest BCUT2D eigenvalue weighted by Crippen LogP contribution is -1.83. The lowest BCUT2D eigenvalue weighted by Gasteiger charge is -1.96. The molecule has 0 nitrogen and oxygen atoms in total. The third-order valence-electron chi connectivity index (χ3n) is 1.80. The second kappa shape index (κ2) is 3.95. The monoisotopic (exact) mass is 209 g/mol. The molecule has 0 aliphatic rings. The highest BCUT2D eigenvalue weighted by Crippen LogP contribution is 2.21. The van der Waals surface area contributed by atoms with Crippen molar-refractivity contribution in [2.75, 3.05) is 0 Å². The van der Waals surface area contributed by atoms with Gasteiger partial charge >= 0.3 is 0 Å². The first-order valence-electron chi connectivity index (χ1n) is 4.54. The maximum Gasteiger partial charge on any atom is 0.0931 e. The standard InChI is InChI=1S/C11H9ClS/c12-11-7-10(8-13-11)6-9-4-2-1-3-5-9/h1-5,7-8H,6H2/i7D. The predicted octanol–water partition coefficient (Wildman–Crippen LogP) is 3.99. The second-order valence-electron chi connectivity index (χ2n) is 2.82. The van der Waals surface area contributed by atoms with Gasteiger partial charge in [-0.05, 0) is 29.0 Å². The van der Waals surface area contributed by atoms with Gasteiger partial charge in [0.15, 0.2) is 0 Å². The Labute approximate surface area is 88.2 Å². The van der Waals surface area contributed by atoms with Crippen LogP contribution in [-0.2, 0) is 6.42 Å². The molecule has 0 N–H and O–H groups in total. The number of halogens is 1. The Balaban J connectivity index is 2.23. The third kappa shape index (κ3) is 2.33. The molecule has 0 spiro atoms. The van der Waals surface area contributed by atoms with Crippen LogP contribution in [0.1, 0.15) is 12.5 Å². The smallest absolute Gasteiger partial charge is 0.0931 e. The van der Waals surface area contributed by atoms with E-state index < -0.39 is 0 Å². The highest BCUT2D eigenvalue weighted by atomic mass is 35.5. The maximum absolute atomic E-state index is 7.70. The molecule has 2 rings (SSSR count). The minimum atomic E-state index is 0.473. The summed E-state index contributed by atoms with van der Waals surface area (Å²) in [7, 11) is 0. The van der Waals surface area contributed by atoms with Crippen molar-refractivity contribution in [3.8, 4) is 0 Å². The van der Waals surface area contributed by atoms with Gasteiger partial charge in [0.1, 0.15) is 0 Å². The van der Waals surface area contributed by atoms with Crippen LogP contribution in [-0.4, -0.2) is 0 Å². The molecule has 1 heterocycles. The summed E-state index contributed by atoms with van der Waals surface area (Å²) in [6.45, 7) is 0. The average molecular weight is 210 g/mol. The molecule has 13 heavy (non-hydrogen) atoms. The SMILES string of the molecule is [2H]c1c(Cc2ccccc2)csc1Cl. The van der Waals surface area contributed by atoms with E-state index in [0.29, 0.717) is 10.4 Å². The lowest BCUT2D eigenvalue weighted by atomic mass is 10.1. The van der Waals surface area contributed by atoms with E-state index >= 15 is 0 Å². The van der Waals surface area contributed by atoms with Crippen LogP contribution in [0.5, 0.6) is 0 Å².